The van der Waals surface area contributed by atoms with Gasteiger partial charge in [-0.3, -0.25) is 20.6 Å². The van der Waals surface area contributed by atoms with Crippen molar-refractivity contribution in [3.63, 3.8) is 0 Å². The molecule has 0 unspecified atom stereocenters. The number of nitrogens with zero attached hydrogens (tertiary/aromatic N) is 3. The van der Waals surface area contributed by atoms with Gasteiger partial charge in [0.05, 0.1) is 11.0 Å². The molecule has 1 aromatic heterocycles. The van der Waals surface area contributed by atoms with E-state index in [0.29, 0.717) is 5.56 Å². The van der Waals surface area contributed by atoms with Crippen LogP contribution in [0.2, 0.25) is 0 Å². The molecule has 0 bridgehead atoms. The zero-order valence-electron chi connectivity index (χ0n) is 12.3. The van der Waals surface area contributed by atoms with Gasteiger partial charge in [-0.25, -0.2) is 4.98 Å². The molecule has 2 heterocycles. The SMILES string of the molecule is CCn1c(C)nc2cc(C(=O)NNC3=NCCC3)ccc21. The maximum Gasteiger partial charge on any atom is 0.269 e. The van der Waals surface area contributed by atoms with Crippen LogP contribution >= 0.6 is 0 Å². The van der Waals surface area contributed by atoms with Crippen LogP contribution in [0.1, 0.15) is 35.9 Å². The van der Waals surface area contributed by atoms with Crippen LogP contribution < -0.4 is 10.9 Å². The molecule has 1 aliphatic heterocycles. The number of amidine groups is 1. The maximum atomic E-state index is 12.1. The van der Waals surface area contributed by atoms with E-state index in [2.05, 4.69) is 32.3 Å². The number of carbonyl (C=O) groups excluding carboxylic acids is 1. The van der Waals surface area contributed by atoms with E-state index >= 15 is 0 Å². The molecule has 0 radical (unpaired) electrons. The molecule has 0 aliphatic carbocycles. The largest absolute Gasteiger partial charge is 0.329 e. The normalized spacial score (nSPS) is 14.3. The number of aliphatic imine (C=N–C) groups is 1. The lowest BCUT2D eigenvalue weighted by atomic mass is 10.2. The number of hydrogen-bond donors (Lipinski definition) is 2. The molecular weight excluding hydrogens is 266 g/mol. The van der Waals surface area contributed by atoms with Crippen molar-refractivity contribution in [2.24, 2.45) is 4.99 Å². The molecular formula is C15H19N5O. The topological polar surface area (TPSA) is 71.3 Å². The quantitative estimate of drug-likeness (QED) is 0.826. The number of imidazole rings is 1. The first-order chi connectivity index (χ1) is 10.2. The van der Waals surface area contributed by atoms with Crippen LogP contribution in [-0.2, 0) is 6.54 Å². The minimum absolute atomic E-state index is 0.171. The van der Waals surface area contributed by atoms with E-state index in [-0.39, 0.29) is 5.91 Å². The van der Waals surface area contributed by atoms with Gasteiger partial charge in [0, 0.05) is 25.1 Å². The molecule has 1 aromatic carbocycles. The number of hydrazine groups is 1. The highest BCUT2D eigenvalue weighted by molar-refractivity contribution is 5.98. The second-order valence-corrected chi connectivity index (χ2v) is 5.12. The Hall–Kier alpha value is -2.37. The standard InChI is InChI=1S/C15H19N5O/c1-3-20-10(2)17-12-9-11(6-7-13(12)20)15(21)19-18-14-5-4-8-16-14/h6-7,9H,3-5,8H2,1-2H3,(H,16,18)(H,19,21). The van der Waals surface area contributed by atoms with Gasteiger partial charge in [-0.15, -0.1) is 0 Å². The highest BCUT2D eigenvalue weighted by Crippen LogP contribution is 2.17. The average molecular weight is 285 g/mol. The average Bonchev–Trinajstić information content (AvgIpc) is 3.10. The summed E-state index contributed by atoms with van der Waals surface area (Å²) in [7, 11) is 0. The summed E-state index contributed by atoms with van der Waals surface area (Å²) < 4.78 is 2.13. The minimum Gasteiger partial charge on any atom is -0.329 e. The molecule has 3 rings (SSSR count). The van der Waals surface area contributed by atoms with Crippen LogP contribution in [0.15, 0.2) is 23.2 Å². The zero-order chi connectivity index (χ0) is 14.8. The van der Waals surface area contributed by atoms with E-state index in [1.165, 1.54) is 0 Å². The van der Waals surface area contributed by atoms with E-state index in [4.69, 9.17) is 0 Å². The van der Waals surface area contributed by atoms with Gasteiger partial charge in [-0.05, 0) is 38.5 Å². The van der Waals surface area contributed by atoms with Crippen molar-refractivity contribution >= 4 is 22.8 Å². The molecule has 1 amide bonds. The lowest BCUT2D eigenvalue weighted by molar-refractivity contribution is 0.0943. The van der Waals surface area contributed by atoms with Gasteiger partial charge >= 0.3 is 0 Å². The lowest BCUT2D eigenvalue weighted by Crippen LogP contribution is -2.40. The van der Waals surface area contributed by atoms with Gasteiger partial charge < -0.3 is 4.57 Å². The number of benzene rings is 1. The number of rotatable bonds is 2. The molecule has 0 fully saturated rings. The fraction of sp³-hybridized carbons (Fsp3) is 0.400. The van der Waals surface area contributed by atoms with E-state index in [1.807, 2.05) is 25.1 Å². The van der Waals surface area contributed by atoms with Crippen LogP contribution in [0.3, 0.4) is 0 Å². The molecule has 2 N–H and O–H groups in total. The molecule has 1 aliphatic rings. The minimum atomic E-state index is -0.171. The second kappa shape index (κ2) is 5.55. The summed E-state index contributed by atoms with van der Waals surface area (Å²) in [6.07, 6.45) is 1.93. The van der Waals surface area contributed by atoms with Gasteiger partial charge in [0.2, 0.25) is 0 Å². The Morgan fingerprint density at radius 2 is 2.29 bits per heavy atom. The number of amides is 1. The number of fused-ring (bicyclic) bond motifs is 1. The number of aromatic nitrogens is 2. The third kappa shape index (κ3) is 2.61. The molecule has 110 valence electrons. The van der Waals surface area contributed by atoms with Crippen LogP contribution in [0.25, 0.3) is 11.0 Å². The van der Waals surface area contributed by atoms with Crippen LogP contribution in [0, 0.1) is 6.92 Å². The number of nitrogens with one attached hydrogen (secondary N) is 2. The van der Waals surface area contributed by atoms with Gasteiger partial charge in [-0.1, -0.05) is 0 Å². The van der Waals surface area contributed by atoms with Crippen molar-refractivity contribution in [2.75, 3.05) is 6.54 Å². The first kappa shape index (κ1) is 13.6. The Morgan fingerprint density at radius 1 is 1.43 bits per heavy atom. The highest BCUT2D eigenvalue weighted by Gasteiger charge is 2.12. The lowest BCUT2D eigenvalue weighted by Gasteiger charge is -2.08. The summed E-state index contributed by atoms with van der Waals surface area (Å²) in [6, 6.07) is 5.59. The van der Waals surface area contributed by atoms with Crippen LogP contribution in [0.5, 0.6) is 0 Å². The summed E-state index contributed by atoms with van der Waals surface area (Å²) in [6.45, 7) is 5.76. The van der Waals surface area contributed by atoms with E-state index < -0.39 is 0 Å². The summed E-state index contributed by atoms with van der Waals surface area (Å²) >= 11 is 0. The monoisotopic (exact) mass is 285 g/mol. The molecule has 6 nitrogen and oxygen atoms in total. The van der Waals surface area contributed by atoms with Gasteiger partial charge in [0.25, 0.3) is 5.91 Å². The molecule has 6 heteroatoms. The predicted octanol–water partition coefficient (Wildman–Crippen LogP) is 1.79. The molecule has 2 aromatic rings. The van der Waals surface area contributed by atoms with Crippen molar-refractivity contribution in [3.05, 3.63) is 29.6 Å². The molecule has 0 spiro atoms. The smallest absolute Gasteiger partial charge is 0.269 e. The summed E-state index contributed by atoms with van der Waals surface area (Å²) in [4.78, 5) is 20.9. The number of hydrogen-bond acceptors (Lipinski definition) is 4. The fourth-order valence-electron chi connectivity index (χ4n) is 2.63. The van der Waals surface area contributed by atoms with Crippen molar-refractivity contribution in [2.45, 2.75) is 33.2 Å². The Bertz CT molecular complexity index is 716. The van der Waals surface area contributed by atoms with Crippen molar-refractivity contribution in [1.29, 1.82) is 0 Å². The van der Waals surface area contributed by atoms with Gasteiger partial charge in [0.1, 0.15) is 11.7 Å². The zero-order valence-corrected chi connectivity index (χ0v) is 12.3. The number of aryl methyl sites for hydroxylation is 2. The van der Waals surface area contributed by atoms with Crippen molar-refractivity contribution < 1.29 is 4.79 Å². The summed E-state index contributed by atoms with van der Waals surface area (Å²) in [5.41, 5.74) is 8.06. The van der Waals surface area contributed by atoms with Crippen molar-refractivity contribution in [3.8, 4) is 0 Å². The Morgan fingerprint density at radius 3 is 3.00 bits per heavy atom. The van der Waals surface area contributed by atoms with Gasteiger partial charge in [-0.2, -0.15) is 0 Å². The van der Waals surface area contributed by atoms with Crippen molar-refractivity contribution in [1.82, 2.24) is 20.4 Å². The Labute approximate surface area is 123 Å². The van der Waals surface area contributed by atoms with Gasteiger partial charge in [0.15, 0.2) is 0 Å². The molecule has 0 saturated carbocycles. The maximum absolute atomic E-state index is 12.1. The highest BCUT2D eigenvalue weighted by atomic mass is 16.2. The van der Waals surface area contributed by atoms with E-state index in [1.54, 1.807) is 0 Å². The Balaban J connectivity index is 1.78. The van der Waals surface area contributed by atoms with Crippen LogP contribution in [0.4, 0.5) is 0 Å². The second-order valence-electron chi connectivity index (χ2n) is 5.12. The van der Waals surface area contributed by atoms with Crippen LogP contribution in [-0.4, -0.2) is 27.8 Å². The summed E-state index contributed by atoms with van der Waals surface area (Å²) in [5, 5.41) is 0. The van der Waals surface area contributed by atoms with E-state index in [9.17, 15) is 4.79 Å². The van der Waals surface area contributed by atoms with E-state index in [0.717, 1.165) is 48.6 Å². The third-order valence-electron chi connectivity index (χ3n) is 3.71. The first-order valence-corrected chi connectivity index (χ1v) is 7.25. The fourth-order valence-corrected chi connectivity index (χ4v) is 2.63. The predicted molar refractivity (Wildman–Crippen MR) is 82.3 cm³/mol. The molecule has 0 saturated heterocycles. The molecule has 0 atom stereocenters. The Kier molecular flexibility index (Phi) is 3.60. The molecule has 21 heavy (non-hydrogen) atoms. The first-order valence-electron chi connectivity index (χ1n) is 7.25. The summed E-state index contributed by atoms with van der Waals surface area (Å²) in [5.74, 6) is 1.63. The number of carbonyl (C=O) groups is 1. The third-order valence-corrected chi connectivity index (χ3v) is 3.71.